The third-order valence-electron chi connectivity index (χ3n) is 3.28. The summed E-state index contributed by atoms with van der Waals surface area (Å²) in [6.45, 7) is 7.06. The van der Waals surface area contributed by atoms with E-state index < -0.39 is 12.4 Å². The first-order chi connectivity index (χ1) is 9.77. The van der Waals surface area contributed by atoms with E-state index in [0.29, 0.717) is 0 Å². The van der Waals surface area contributed by atoms with Crippen LogP contribution in [-0.4, -0.2) is 25.6 Å². The highest BCUT2D eigenvalue weighted by atomic mass is 35.6. The van der Waals surface area contributed by atoms with Gasteiger partial charge in [-0.05, 0) is 19.5 Å². The second-order valence-electron chi connectivity index (χ2n) is 5.98. The van der Waals surface area contributed by atoms with Gasteiger partial charge in [0, 0.05) is 6.61 Å². The van der Waals surface area contributed by atoms with Gasteiger partial charge >= 0.3 is 8.56 Å². The molecule has 0 spiro atoms. The monoisotopic (exact) mass is 376 g/mol. The first kappa shape index (κ1) is 22.0. The van der Waals surface area contributed by atoms with E-state index in [9.17, 15) is 0 Å². The van der Waals surface area contributed by atoms with Crippen molar-refractivity contribution in [2.24, 2.45) is 0 Å². The maximum Gasteiger partial charge on any atom is 0.331 e. The molecule has 6 heteroatoms. The molecule has 0 aliphatic heterocycles. The van der Waals surface area contributed by atoms with Crippen LogP contribution in [0.15, 0.2) is 0 Å². The summed E-state index contributed by atoms with van der Waals surface area (Å²) in [6, 6.07) is 0. The zero-order chi connectivity index (χ0) is 16.2. The maximum absolute atomic E-state index is 5.83. The molecule has 0 radical (unpaired) electrons. The van der Waals surface area contributed by atoms with Gasteiger partial charge in [-0.1, -0.05) is 93.1 Å². The summed E-state index contributed by atoms with van der Waals surface area (Å²) in [5.41, 5.74) is 0. The predicted molar refractivity (Wildman–Crippen MR) is 96.9 cm³/mol. The lowest BCUT2D eigenvalue weighted by molar-refractivity contribution is 0.178. The molecule has 0 N–H and O–H groups in total. The van der Waals surface area contributed by atoms with Gasteiger partial charge in [0.15, 0.2) is 0 Å². The van der Waals surface area contributed by atoms with E-state index in [-0.39, 0.29) is 6.61 Å². The SMILES string of the molecule is CCCCCCCCCCCO[Si](C)(C)OCC(Cl)(Cl)Cl. The van der Waals surface area contributed by atoms with Gasteiger partial charge in [0.1, 0.15) is 0 Å². The summed E-state index contributed by atoms with van der Waals surface area (Å²) in [5, 5.41) is 0. The normalized spacial score (nSPS) is 12.9. The Morgan fingerprint density at radius 1 is 0.762 bits per heavy atom. The van der Waals surface area contributed by atoms with Crippen LogP contribution in [0.1, 0.15) is 64.7 Å². The molecule has 0 saturated carbocycles. The van der Waals surface area contributed by atoms with Crippen molar-refractivity contribution in [3.8, 4) is 0 Å². The third kappa shape index (κ3) is 17.2. The molecule has 0 atom stereocenters. The fraction of sp³-hybridized carbons (Fsp3) is 1.00. The lowest BCUT2D eigenvalue weighted by Crippen LogP contribution is -2.38. The molecule has 0 unspecified atom stereocenters. The Hall–Kier alpha value is 1.01. The molecule has 21 heavy (non-hydrogen) atoms. The van der Waals surface area contributed by atoms with E-state index in [0.717, 1.165) is 13.0 Å². The molecule has 0 saturated heterocycles. The zero-order valence-electron chi connectivity index (χ0n) is 13.7. The quantitative estimate of drug-likeness (QED) is 0.204. The van der Waals surface area contributed by atoms with E-state index in [1.165, 1.54) is 51.4 Å². The first-order valence-electron chi connectivity index (χ1n) is 8.11. The lowest BCUT2D eigenvalue weighted by Gasteiger charge is -2.25. The fourth-order valence-corrected chi connectivity index (χ4v) is 3.75. The minimum absolute atomic E-state index is 0.0919. The van der Waals surface area contributed by atoms with E-state index in [1.807, 2.05) is 13.1 Å². The van der Waals surface area contributed by atoms with Gasteiger partial charge in [-0.25, -0.2) is 0 Å². The van der Waals surface area contributed by atoms with Gasteiger partial charge in [-0.3, -0.25) is 0 Å². The molecule has 0 fully saturated rings. The Kier molecular flexibility index (Phi) is 13.0. The van der Waals surface area contributed by atoms with Crippen molar-refractivity contribution < 1.29 is 8.85 Å². The second kappa shape index (κ2) is 12.4. The highest BCUT2D eigenvalue weighted by molar-refractivity contribution is 6.68. The van der Waals surface area contributed by atoms with Crippen molar-refractivity contribution in [1.82, 2.24) is 0 Å². The maximum atomic E-state index is 5.83. The molecule has 128 valence electrons. The molecular weight excluding hydrogens is 347 g/mol. The Morgan fingerprint density at radius 3 is 1.71 bits per heavy atom. The Bertz CT molecular complexity index is 246. The second-order valence-corrected chi connectivity index (χ2v) is 11.9. The molecule has 0 aromatic carbocycles. The van der Waals surface area contributed by atoms with Crippen molar-refractivity contribution in [2.45, 2.75) is 81.6 Å². The predicted octanol–water partition coefficient (Wildman–Crippen LogP) is 6.62. The van der Waals surface area contributed by atoms with Crippen molar-refractivity contribution in [3.63, 3.8) is 0 Å². The molecule has 2 nitrogen and oxygen atoms in total. The number of rotatable bonds is 13. The topological polar surface area (TPSA) is 18.5 Å². The summed E-state index contributed by atoms with van der Waals surface area (Å²) >= 11 is 17.0. The molecule has 0 heterocycles. The smallest absolute Gasteiger partial charge is 0.331 e. The summed E-state index contributed by atoms with van der Waals surface area (Å²) in [6.07, 6.45) is 11.8. The van der Waals surface area contributed by atoms with Crippen molar-refractivity contribution in [3.05, 3.63) is 0 Å². The van der Waals surface area contributed by atoms with Crippen LogP contribution in [-0.2, 0) is 8.85 Å². The van der Waals surface area contributed by atoms with Crippen LogP contribution >= 0.6 is 34.8 Å². The number of unbranched alkanes of at least 4 members (excludes halogenated alkanes) is 8. The molecule has 0 rings (SSSR count). The minimum atomic E-state index is -2.16. The Labute approximate surface area is 147 Å². The third-order valence-corrected chi connectivity index (χ3v) is 5.35. The number of hydrogen-bond donors (Lipinski definition) is 0. The summed E-state index contributed by atoms with van der Waals surface area (Å²) in [4.78, 5) is 0. The fourth-order valence-electron chi connectivity index (χ4n) is 2.03. The molecule has 0 aromatic rings. The van der Waals surface area contributed by atoms with Crippen LogP contribution in [0, 0.1) is 0 Å². The van der Waals surface area contributed by atoms with Gasteiger partial charge < -0.3 is 8.85 Å². The van der Waals surface area contributed by atoms with Gasteiger partial charge in [0.2, 0.25) is 3.79 Å². The van der Waals surface area contributed by atoms with Gasteiger partial charge in [-0.2, -0.15) is 0 Å². The summed E-state index contributed by atoms with van der Waals surface area (Å²) < 4.78 is 10.1. The Balaban J connectivity index is 3.40. The molecule has 0 amide bonds. The standard InChI is InChI=1S/C15H31Cl3O2Si/c1-4-5-6-7-8-9-10-11-12-13-19-21(2,3)20-14-15(16,17)18/h4-14H2,1-3H3. The number of halogens is 3. The van der Waals surface area contributed by atoms with Crippen molar-refractivity contribution >= 4 is 43.4 Å². The van der Waals surface area contributed by atoms with Crippen LogP contribution < -0.4 is 0 Å². The average molecular weight is 378 g/mol. The molecule has 0 bridgehead atoms. The first-order valence-corrected chi connectivity index (χ1v) is 12.1. The largest absolute Gasteiger partial charge is 0.395 e. The van der Waals surface area contributed by atoms with Gasteiger partial charge in [-0.15, -0.1) is 0 Å². The molecular formula is C15H31Cl3O2Si. The van der Waals surface area contributed by atoms with Gasteiger partial charge in [0.05, 0.1) is 6.61 Å². The molecule has 0 aromatic heterocycles. The van der Waals surface area contributed by atoms with Crippen LogP contribution in [0.5, 0.6) is 0 Å². The summed E-state index contributed by atoms with van der Waals surface area (Å²) in [7, 11) is -2.16. The highest BCUT2D eigenvalue weighted by Crippen LogP contribution is 2.27. The van der Waals surface area contributed by atoms with Crippen LogP contribution in [0.2, 0.25) is 13.1 Å². The zero-order valence-corrected chi connectivity index (χ0v) is 17.0. The van der Waals surface area contributed by atoms with Crippen LogP contribution in [0.25, 0.3) is 0 Å². The molecule has 0 aliphatic carbocycles. The summed E-state index contributed by atoms with van der Waals surface area (Å²) in [5.74, 6) is 0. The number of hydrogen-bond acceptors (Lipinski definition) is 2. The Morgan fingerprint density at radius 2 is 1.24 bits per heavy atom. The molecule has 0 aliphatic rings. The van der Waals surface area contributed by atoms with Crippen molar-refractivity contribution in [2.75, 3.05) is 13.2 Å². The van der Waals surface area contributed by atoms with Crippen LogP contribution in [0.4, 0.5) is 0 Å². The minimum Gasteiger partial charge on any atom is -0.395 e. The lowest BCUT2D eigenvalue weighted by atomic mass is 10.1. The van der Waals surface area contributed by atoms with E-state index in [2.05, 4.69) is 6.92 Å². The van der Waals surface area contributed by atoms with E-state index >= 15 is 0 Å². The average Bonchev–Trinajstić information content (AvgIpc) is 2.38. The van der Waals surface area contributed by atoms with E-state index in [1.54, 1.807) is 0 Å². The van der Waals surface area contributed by atoms with Gasteiger partial charge in [0.25, 0.3) is 0 Å². The van der Waals surface area contributed by atoms with E-state index in [4.69, 9.17) is 43.7 Å². The highest BCUT2D eigenvalue weighted by Gasteiger charge is 2.29. The van der Waals surface area contributed by atoms with Crippen LogP contribution in [0.3, 0.4) is 0 Å². The van der Waals surface area contributed by atoms with Crippen molar-refractivity contribution in [1.29, 1.82) is 0 Å². The number of alkyl halides is 3.